The molecule has 1 heterocycles. The van der Waals surface area contributed by atoms with Crippen molar-refractivity contribution in [2.75, 3.05) is 5.32 Å². The number of benzene rings is 2. The number of rotatable bonds is 4. The van der Waals surface area contributed by atoms with E-state index in [4.69, 9.17) is 0 Å². The van der Waals surface area contributed by atoms with Crippen molar-refractivity contribution >= 4 is 11.6 Å². The monoisotopic (exact) mass is 387 g/mol. The molecule has 3 aromatic rings. The Balaban J connectivity index is 1.93. The molecule has 2 N–H and O–H groups in total. The van der Waals surface area contributed by atoms with E-state index in [0.29, 0.717) is 23.4 Å². The van der Waals surface area contributed by atoms with Crippen LogP contribution in [0.25, 0.3) is 11.3 Å². The second kappa shape index (κ2) is 7.77. The number of amides is 1. The smallest absolute Gasteiger partial charge is 0.293 e. The van der Waals surface area contributed by atoms with Crippen molar-refractivity contribution in [3.8, 4) is 11.3 Å². The third-order valence-corrected chi connectivity index (χ3v) is 4.16. The van der Waals surface area contributed by atoms with Crippen molar-refractivity contribution in [1.29, 1.82) is 0 Å². The van der Waals surface area contributed by atoms with E-state index in [-0.39, 0.29) is 23.7 Å². The highest BCUT2D eigenvalue weighted by Gasteiger charge is 2.17. The van der Waals surface area contributed by atoms with E-state index in [1.807, 2.05) is 0 Å². The first-order valence-electron chi connectivity index (χ1n) is 8.30. The number of nitrogens with one attached hydrogen (secondary N) is 1. The molecule has 0 atom stereocenters. The van der Waals surface area contributed by atoms with Crippen LogP contribution in [0.15, 0.2) is 36.5 Å². The molecule has 0 radical (unpaired) electrons. The summed E-state index contributed by atoms with van der Waals surface area (Å²) in [4.78, 5) is 20.4. The third-order valence-electron chi connectivity index (χ3n) is 4.16. The van der Waals surface area contributed by atoms with Crippen LogP contribution in [0.3, 0.4) is 0 Å². The SMILES string of the molecule is Cc1cc(CO)cc(C)c1NC(=O)c1nccc(-c2cc(F)c(F)cc2F)n1. The number of nitrogens with zero attached hydrogens (tertiary/aromatic N) is 2. The number of hydrogen-bond acceptors (Lipinski definition) is 4. The average molecular weight is 387 g/mol. The number of halogens is 3. The lowest BCUT2D eigenvalue weighted by Crippen LogP contribution is -2.17. The topological polar surface area (TPSA) is 75.1 Å². The van der Waals surface area contributed by atoms with Crippen LogP contribution >= 0.6 is 0 Å². The van der Waals surface area contributed by atoms with Crippen molar-refractivity contribution in [2.24, 2.45) is 0 Å². The van der Waals surface area contributed by atoms with Gasteiger partial charge in [0.15, 0.2) is 11.6 Å². The molecule has 0 aliphatic heterocycles. The molecule has 0 aliphatic carbocycles. The molecule has 1 aromatic heterocycles. The fourth-order valence-electron chi connectivity index (χ4n) is 2.85. The van der Waals surface area contributed by atoms with Gasteiger partial charge in [-0.1, -0.05) is 12.1 Å². The number of hydrogen-bond donors (Lipinski definition) is 2. The summed E-state index contributed by atoms with van der Waals surface area (Å²) in [6.07, 6.45) is 1.23. The quantitative estimate of drug-likeness (QED) is 0.666. The number of anilines is 1. The first-order valence-corrected chi connectivity index (χ1v) is 8.30. The highest BCUT2D eigenvalue weighted by Crippen LogP contribution is 2.25. The van der Waals surface area contributed by atoms with Crippen molar-refractivity contribution in [2.45, 2.75) is 20.5 Å². The maximum atomic E-state index is 14.0. The second-order valence-electron chi connectivity index (χ2n) is 6.23. The molecule has 0 bridgehead atoms. The first-order chi connectivity index (χ1) is 13.3. The van der Waals surface area contributed by atoms with Gasteiger partial charge in [-0.25, -0.2) is 23.1 Å². The summed E-state index contributed by atoms with van der Waals surface area (Å²) in [7, 11) is 0. The molecule has 3 rings (SSSR count). The second-order valence-corrected chi connectivity index (χ2v) is 6.23. The lowest BCUT2D eigenvalue weighted by Gasteiger charge is -2.13. The molecule has 144 valence electrons. The molecule has 1 amide bonds. The van der Waals surface area contributed by atoms with E-state index in [2.05, 4.69) is 15.3 Å². The highest BCUT2D eigenvalue weighted by atomic mass is 19.2. The minimum atomic E-state index is -1.31. The first kappa shape index (κ1) is 19.5. The zero-order valence-electron chi connectivity index (χ0n) is 15.1. The lowest BCUT2D eigenvalue weighted by atomic mass is 10.0. The van der Waals surface area contributed by atoms with Gasteiger partial charge in [-0.15, -0.1) is 0 Å². The molecule has 0 fully saturated rings. The van der Waals surface area contributed by atoms with Crippen molar-refractivity contribution < 1.29 is 23.1 Å². The summed E-state index contributed by atoms with van der Waals surface area (Å²) >= 11 is 0. The summed E-state index contributed by atoms with van der Waals surface area (Å²) in [5.74, 6) is -4.45. The fourth-order valence-corrected chi connectivity index (χ4v) is 2.85. The number of aliphatic hydroxyl groups is 1. The Labute approximate surface area is 158 Å². The highest BCUT2D eigenvalue weighted by molar-refractivity contribution is 6.02. The Morgan fingerprint density at radius 3 is 2.32 bits per heavy atom. The van der Waals surface area contributed by atoms with Crippen LogP contribution < -0.4 is 5.32 Å². The Morgan fingerprint density at radius 1 is 1.04 bits per heavy atom. The van der Waals surface area contributed by atoms with Crippen LogP contribution in [-0.2, 0) is 6.61 Å². The number of carbonyl (C=O) groups excluding carboxylic acids is 1. The van der Waals surface area contributed by atoms with Gasteiger partial charge in [-0.3, -0.25) is 4.79 Å². The van der Waals surface area contributed by atoms with E-state index in [9.17, 15) is 23.1 Å². The molecular formula is C20H16F3N3O2. The minimum absolute atomic E-state index is 0.0550. The van der Waals surface area contributed by atoms with Crippen LogP contribution in [0.1, 0.15) is 27.3 Å². The van der Waals surface area contributed by atoms with Crippen molar-refractivity contribution in [1.82, 2.24) is 9.97 Å². The summed E-state index contributed by atoms with van der Waals surface area (Å²) in [6, 6.07) is 5.85. The van der Waals surface area contributed by atoms with E-state index in [1.165, 1.54) is 12.3 Å². The van der Waals surface area contributed by atoms with Gasteiger partial charge >= 0.3 is 0 Å². The largest absolute Gasteiger partial charge is 0.392 e. The molecule has 28 heavy (non-hydrogen) atoms. The molecule has 0 aliphatic rings. The normalized spacial score (nSPS) is 10.8. The van der Waals surface area contributed by atoms with E-state index >= 15 is 0 Å². The Kier molecular flexibility index (Phi) is 5.41. The van der Waals surface area contributed by atoms with Gasteiger partial charge in [-0.2, -0.15) is 0 Å². The Hall–Kier alpha value is -3.26. The van der Waals surface area contributed by atoms with Crippen LogP contribution in [0.5, 0.6) is 0 Å². The van der Waals surface area contributed by atoms with Gasteiger partial charge in [0.05, 0.1) is 12.3 Å². The van der Waals surface area contributed by atoms with Crippen LogP contribution in [0.2, 0.25) is 0 Å². The van der Waals surface area contributed by atoms with Crippen molar-refractivity contribution in [3.05, 3.63) is 76.5 Å². The number of carbonyl (C=O) groups is 1. The van der Waals surface area contributed by atoms with Crippen LogP contribution in [0, 0.1) is 31.3 Å². The van der Waals surface area contributed by atoms with E-state index in [1.54, 1.807) is 26.0 Å². The van der Waals surface area contributed by atoms with E-state index in [0.717, 1.165) is 11.1 Å². The van der Waals surface area contributed by atoms with Gasteiger partial charge in [0.1, 0.15) is 5.82 Å². The summed E-state index contributed by atoms with van der Waals surface area (Å²) in [6.45, 7) is 3.42. The molecule has 5 nitrogen and oxygen atoms in total. The van der Waals surface area contributed by atoms with Gasteiger partial charge in [0, 0.05) is 23.5 Å². The molecule has 0 spiro atoms. The van der Waals surface area contributed by atoms with E-state index < -0.39 is 23.4 Å². The molecule has 0 unspecified atom stereocenters. The molecule has 2 aromatic carbocycles. The minimum Gasteiger partial charge on any atom is -0.392 e. The predicted molar refractivity (Wildman–Crippen MR) is 97.1 cm³/mol. The predicted octanol–water partition coefficient (Wildman–Crippen LogP) is 3.92. The van der Waals surface area contributed by atoms with Gasteiger partial charge < -0.3 is 10.4 Å². The fraction of sp³-hybridized carbons (Fsp3) is 0.150. The maximum absolute atomic E-state index is 14.0. The van der Waals surface area contributed by atoms with Crippen molar-refractivity contribution in [3.63, 3.8) is 0 Å². The molecule has 8 heteroatoms. The van der Waals surface area contributed by atoms with Gasteiger partial charge in [0.2, 0.25) is 5.82 Å². The lowest BCUT2D eigenvalue weighted by molar-refractivity contribution is 0.101. The summed E-state index contributed by atoms with van der Waals surface area (Å²) < 4.78 is 40.6. The third kappa shape index (κ3) is 3.86. The average Bonchev–Trinajstić information content (AvgIpc) is 2.67. The Bertz CT molecular complexity index is 1050. The summed E-state index contributed by atoms with van der Waals surface area (Å²) in [5, 5.41) is 11.9. The van der Waals surface area contributed by atoms with Gasteiger partial charge in [0.25, 0.3) is 5.91 Å². The zero-order valence-corrected chi connectivity index (χ0v) is 15.1. The zero-order chi connectivity index (χ0) is 20.4. The number of aromatic nitrogens is 2. The standard InChI is InChI=1S/C20H16F3N3O2/c1-10-5-12(9-27)6-11(2)18(10)26-20(28)19-24-4-3-17(25-19)13-7-15(22)16(23)8-14(13)21/h3-8,27H,9H2,1-2H3,(H,26,28). The molecule has 0 saturated carbocycles. The van der Waals surface area contributed by atoms with Crippen LogP contribution in [0.4, 0.5) is 18.9 Å². The number of aliphatic hydroxyl groups excluding tert-OH is 1. The van der Waals surface area contributed by atoms with Crippen LogP contribution in [-0.4, -0.2) is 21.0 Å². The number of aryl methyl sites for hydroxylation is 2. The molecule has 0 saturated heterocycles. The summed E-state index contributed by atoms with van der Waals surface area (Å²) in [5.41, 5.74) is 2.38. The van der Waals surface area contributed by atoms with Gasteiger partial charge in [-0.05, 0) is 42.7 Å². The Morgan fingerprint density at radius 2 is 1.68 bits per heavy atom. The molecular weight excluding hydrogens is 371 g/mol. The maximum Gasteiger partial charge on any atom is 0.293 e.